The lowest BCUT2D eigenvalue weighted by Crippen LogP contribution is -2.16. The molecule has 0 saturated heterocycles. The Bertz CT molecular complexity index is 1000. The minimum absolute atomic E-state index is 0.295. The average Bonchev–Trinajstić information content (AvgIpc) is 2.86. The second-order valence-corrected chi connectivity index (χ2v) is 6.88. The van der Waals surface area contributed by atoms with Gasteiger partial charge in [-0.2, -0.15) is 0 Å². The Morgan fingerprint density at radius 3 is 1.47 bits per heavy atom. The van der Waals surface area contributed by atoms with E-state index in [0.29, 0.717) is 60.7 Å². The van der Waals surface area contributed by atoms with Crippen molar-refractivity contribution < 1.29 is 28.5 Å². The Labute approximate surface area is 197 Å². The normalized spacial score (nSPS) is 10.4. The number of pyridine rings is 2. The van der Waals surface area contributed by atoms with Gasteiger partial charge in [0.25, 0.3) is 11.8 Å². The SMILES string of the molecule is COCCOc1ncccc1NC(=O)c1ccc(C(=O)Nc2cccnc2OCCOC)cc1. The maximum absolute atomic E-state index is 12.7. The molecule has 2 heterocycles. The molecule has 3 aromatic rings. The van der Waals surface area contributed by atoms with Gasteiger partial charge in [-0.25, -0.2) is 9.97 Å². The van der Waals surface area contributed by atoms with Crippen molar-refractivity contribution >= 4 is 23.2 Å². The summed E-state index contributed by atoms with van der Waals surface area (Å²) in [4.78, 5) is 33.6. The van der Waals surface area contributed by atoms with Gasteiger partial charge in [0.05, 0.1) is 13.2 Å². The number of carbonyl (C=O) groups excluding carboxylic acids is 2. The van der Waals surface area contributed by atoms with Crippen molar-refractivity contribution in [3.05, 3.63) is 72.1 Å². The number of nitrogens with zero attached hydrogens (tertiary/aromatic N) is 2. The van der Waals surface area contributed by atoms with Crippen molar-refractivity contribution in [3.63, 3.8) is 0 Å². The Hall–Kier alpha value is -4.02. The number of hydrogen-bond donors (Lipinski definition) is 2. The maximum Gasteiger partial charge on any atom is 0.255 e. The highest BCUT2D eigenvalue weighted by Gasteiger charge is 2.14. The third-order valence-corrected chi connectivity index (χ3v) is 4.50. The number of amides is 2. The minimum Gasteiger partial charge on any atom is -0.474 e. The van der Waals surface area contributed by atoms with Crippen molar-refractivity contribution in [1.29, 1.82) is 0 Å². The van der Waals surface area contributed by atoms with Gasteiger partial charge in [-0.15, -0.1) is 0 Å². The highest BCUT2D eigenvalue weighted by molar-refractivity contribution is 6.07. The van der Waals surface area contributed by atoms with Crippen LogP contribution >= 0.6 is 0 Å². The fraction of sp³-hybridized carbons (Fsp3) is 0.250. The number of methoxy groups -OCH3 is 2. The lowest BCUT2D eigenvalue weighted by atomic mass is 10.1. The number of ether oxygens (including phenoxy) is 4. The van der Waals surface area contributed by atoms with Crippen LogP contribution in [0.4, 0.5) is 11.4 Å². The highest BCUT2D eigenvalue weighted by atomic mass is 16.5. The van der Waals surface area contributed by atoms with E-state index in [4.69, 9.17) is 18.9 Å². The van der Waals surface area contributed by atoms with Crippen LogP contribution in [-0.4, -0.2) is 62.4 Å². The average molecular weight is 466 g/mol. The molecular formula is C24H26N4O6. The van der Waals surface area contributed by atoms with Gasteiger partial charge in [0, 0.05) is 37.7 Å². The van der Waals surface area contributed by atoms with Crippen molar-refractivity contribution in [1.82, 2.24) is 9.97 Å². The molecule has 0 saturated carbocycles. The third kappa shape index (κ3) is 6.99. The van der Waals surface area contributed by atoms with E-state index in [1.54, 1.807) is 75.1 Å². The first-order valence-corrected chi connectivity index (χ1v) is 10.5. The summed E-state index contributed by atoms with van der Waals surface area (Å²) in [6.07, 6.45) is 3.14. The molecule has 2 amide bonds. The van der Waals surface area contributed by atoms with Crippen LogP contribution in [-0.2, 0) is 9.47 Å². The summed E-state index contributed by atoms with van der Waals surface area (Å²) in [7, 11) is 3.14. The standard InChI is InChI=1S/C24H26N4O6/c1-31-13-15-33-23-19(5-3-11-25-23)27-21(29)17-7-9-18(10-8-17)22(30)28-20-6-4-12-26-24(20)34-16-14-32-2/h3-12H,13-16H2,1-2H3,(H,27,29)(H,28,30). The summed E-state index contributed by atoms with van der Waals surface area (Å²) in [5.41, 5.74) is 1.60. The molecule has 2 N–H and O–H groups in total. The summed E-state index contributed by atoms with van der Waals surface area (Å²) in [5.74, 6) is -0.136. The summed E-state index contributed by atoms with van der Waals surface area (Å²) in [5, 5.41) is 5.54. The Balaban J connectivity index is 1.63. The molecule has 10 heteroatoms. The first-order valence-electron chi connectivity index (χ1n) is 10.5. The van der Waals surface area contributed by atoms with Gasteiger partial charge in [0.15, 0.2) is 0 Å². The van der Waals surface area contributed by atoms with Gasteiger partial charge in [-0.1, -0.05) is 0 Å². The van der Waals surface area contributed by atoms with Gasteiger partial charge >= 0.3 is 0 Å². The highest BCUT2D eigenvalue weighted by Crippen LogP contribution is 2.23. The second kappa shape index (κ2) is 12.9. The van der Waals surface area contributed by atoms with Crippen molar-refractivity contribution in [2.45, 2.75) is 0 Å². The quantitative estimate of drug-likeness (QED) is 0.391. The third-order valence-electron chi connectivity index (χ3n) is 4.50. The molecule has 0 unspecified atom stereocenters. The molecule has 3 rings (SSSR count). The van der Waals surface area contributed by atoms with E-state index in [2.05, 4.69) is 20.6 Å². The lowest BCUT2D eigenvalue weighted by molar-refractivity contribution is 0.101. The molecule has 0 atom stereocenters. The number of aromatic nitrogens is 2. The molecule has 0 fully saturated rings. The van der Waals surface area contributed by atoms with E-state index in [1.807, 2.05) is 0 Å². The van der Waals surface area contributed by atoms with Crippen LogP contribution in [0, 0.1) is 0 Å². The topological polar surface area (TPSA) is 121 Å². The molecular weight excluding hydrogens is 440 g/mol. The van der Waals surface area contributed by atoms with Crippen LogP contribution in [0.5, 0.6) is 11.8 Å². The molecule has 0 aliphatic carbocycles. The van der Waals surface area contributed by atoms with E-state index in [-0.39, 0.29) is 11.8 Å². The fourth-order valence-electron chi connectivity index (χ4n) is 2.81. The van der Waals surface area contributed by atoms with E-state index < -0.39 is 0 Å². The van der Waals surface area contributed by atoms with Gasteiger partial charge < -0.3 is 29.6 Å². The molecule has 0 spiro atoms. The number of nitrogens with one attached hydrogen (secondary N) is 2. The predicted molar refractivity (Wildman–Crippen MR) is 126 cm³/mol. The van der Waals surface area contributed by atoms with Crippen LogP contribution < -0.4 is 20.1 Å². The fourth-order valence-corrected chi connectivity index (χ4v) is 2.81. The Morgan fingerprint density at radius 1 is 0.676 bits per heavy atom. The summed E-state index contributed by atoms with van der Waals surface area (Å²) >= 11 is 0. The van der Waals surface area contributed by atoms with E-state index in [9.17, 15) is 9.59 Å². The smallest absolute Gasteiger partial charge is 0.255 e. The Morgan fingerprint density at radius 2 is 1.09 bits per heavy atom. The molecule has 0 radical (unpaired) electrons. The minimum atomic E-state index is -0.363. The predicted octanol–water partition coefficient (Wildman–Crippen LogP) is 3.03. The van der Waals surface area contributed by atoms with Gasteiger partial charge in [-0.3, -0.25) is 9.59 Å². The second-order valence-electron chi connectivity index (χ2n) is 6.88. The first kappa shape index (κ1) is 24.6. The first-order chi connectivity index (χ1) is 16.6. The van der Waals surface area contributed by atoms with Crippen LogP contribution in [0.25, 0.3) is 0 Å². The molecule has 0 bridgehead atoms. The van der Waals surface area contributed by atoms with Gasteiger partial charge in [0.2, 0.25) is 11.8 Å². The number of anilines is 2. The zero-order valence-electron chi connectivity index (χ0n) is 18.9. The van der Waals surface area contributed by atoms with Crippen LogP contribution in [0.2, 0.25) is 0 Å². The summed E-state index contributed by atoms with van der Waals surface area (Å²) in [6, 6.07) is 13.0. The maximum atomic E-state index is 12.7. The summed E-state index contributed by atoms with van der Waals surface area (Å²) < 4.78 is 21.0. The molecule has 178 valence electrons. The van der Waals surface area contributed by atoms with Crippen molar-refractivity contribution in [3.8, 4) is 11.8 Å². The monoisotopic (exact) mass is 466 g/mol. The number of carbonyl (C=O) groups is 2. The number of hydrogen-bond acceptors (Lipinski definition) is 8. The van der Waals surface area contributed by atoms with Crippen LogP contribution in [0.15, 0.2) is 60.9 Å². The molecule has 0 aliphatic heterocycles. The number of benzene rings is 1. The Kier molecular flexibility index (Phi) is 9.32. The largest absolute Gasteiger partial charge is 0.474 e. The molecule has 0 aliphatic rings. The zero-order valence-corrected chi connectivity index (χ0v) is 18.9. The van der Waals surface area contributed by atoms with E-state index in [0.717, 1.165) is 0 Å². The van der Waals surface area contributed by atoms with Gasteiger partial charge in [0.1, 0.15) is 24.6 Å². The molecule has 10 nitrogen and oxygen atoms in total. The van der Waals surface area contributed by atoms with Gasteiger partial charge in [-0.05, 0) is 48.5 Å². The lowest BCUT2D eigenvalue weighted by Gasteiger charge is -2.12. The van der Waals surface area contributed by atoms with Crippen LogP contribution in [0.1, 0.15) is 20.7 Å². The molecule has 34 heavy (non-hydrogen) atoms. The molecule has 1 aromatic carbocycles. The van der Waals surface area contributed by atoms with Crippen molar-refractivity contribution in [2.75, 3.05) is 51.3 Å². The van der Waals surface area contributed by atoms with E-state index in [1.165, 1.54) is 0 Å². The van der Waals surface area contributed by atoms with E-state index >= 15 is 0 Å². The summed E-state index contributed by atoms with van der Waals surface area (Å²) in [6.45, 7) is 1.40. The number of rotatable bonds is 12. The zero-order chi connectivity index (χ0) is 24.2. The van der Waals surface area contributed by atoms with Crippen LogP contribution in [0.3, 0.4) is 0 Å². The van der Waals surface area contributed by atoms with Crippen molar-refractivity contribution in [2.24, 2.45) is 0 Å². The molecule has 2 aromatic heterocycles.